The van der Waals surface area contributed by atoms with Crippen molar-refractivity contribution in [2.24, 2.45) is 0 Å². The molecule has 0 bridgehead atoms. The number of carbonyl (C=O) groups excluding carboxylic acids is 1. The molecule has 0 saturated carbocycles. The van der Waals surface area contributed by atoms with Crippen LogP contribution in [0.3, 0.4) is 0 Å². The zero-order chi connectivity index (χ0) is 22.8. The molecule has 2 saturated heterocycles. The van der Waals surface area contributed by atoms with E-state index in [2.05, 4.69) is 25.7 Å². The fraction of sp³-hybridized carbons (Fsp3) is 0.696. The molecule has 2 aliphatic heterocycles. The van der Waals surface area contributed by atoms with Crippen LogP contribution >= 0.6 is 23.1 Å². The van der Waals surface area contributed by atoms with E-state index in [4.69, 9.17) is 9.72 Å². The molecule has 2 unspecified atom stereocenters. The maximum absolute atomic E-state index is 13.6. The molecular weight excluding hydrogens is 444 g/mol. The minimum atomic E-state index is -0.296. The van der Waals surface area contributed by atoms with Crippen molar-refractivity contribution in [1.82, 2.24) is 19.4 Å². The molecule has 1 amide bonds. The molecule has 2 fully saturated rings. The van der Waals surface area contributed by atoms with Crippen molar-refractivity contribution >= 4 is 39.2 Å². The number of carbonyl (C=O) groups is 1. The molecule has 2 atom stereocenters. The molecule has 7 nitrogen and oxygen atoms in total. The summed E-state index contributed by atoms with van der Waals surface area (Å²) in [6, 6.07) is 0. The van der Waals surface area contributed by atoms with Crippen molar-refractivity contribution in [3.05, 3.63) is 20.8 Å². The monoisotopic (exact) mass is 478 g/mol. The van der Waals surface area contributed by atoms with E-state index in [0.717, 1.165) is 79.3 Å². The molecule has 4 heterocycles. The van der Waals surface area contributed by atoms with Gasteiger partial charge in [-0.15, -0.1) is 11.3 Å². The molecule has 9 heteroatoms. The lowest BCUT2D eigenvalue weighted by molar-refractivity contribution is -0.132. The van der Waals surface area contributed by atoms with Crippen molar-refractivity contribution in [2.75, 3.05) is 39.3 Å². The fourth-order valence-electron chi connectivity index (χ4n) is 4.65. The number of amides is 1. The Labute approximate surface area is 198 Å². The number of piperazine rings is 1. The molecule has 2 aliphatic rings. The van der Waals surface area contributed by atoms with Gasteiger partial charge in [-0.2, -0.15) is 0 Å². The van der Waals surface area contributed by atoms with Gasteiger partial charge in [-0.3, -0.25) is 14.2 Å². The first-order chi connectivity index (χ1) is 15.4. The standard InChI is InChI=1S/C23H34N4O3S2/c1-5-18-15(3)31-20-19(18)22(29)27(14-17-8-7-13-30-17)23(24-20)32-16(4)21(28)26-11-9-25(6-2)10-12-26/h16-17H,5-14H2,1-4H3. The van der Waals surface area contributed by atoms with Gasteiger partial charge in [0.15, 0.2) is 5.16 Å². The first-order valence-electron chi connectivity index (χ1n) is 11.7. The highest BCUT2D eigenvalue weighted by atomic mass is 32.2. The number of aromatic nitrogens is 2. The summed E-state index contributed by atoms with van der Waals surface area (Å²) in [6.45, 7) is 13.9. The number of hydrogen-bond donors (Lipinski definition) is 0. The van der Waals surface area contributed by atoms with E-state index in [1.165, 1.54) is 11.8 Å². The lowest BCUT2D eigenvalue weighted by atomic mass is 10.1. The van der Waals surface area contributed by atoms with Crippen LogP contribution in [0, 0.1) is 6.92 Å². The molecule has 0 N–H and O–H groups in total. The van der Waals surface area contributed by atoms with Crippen molar-refractivity contribution in [1.29, 1.82) is 0 Å². The lowest BCUT2D eigenvalue weighted by Crippen LogP contribution is -2.50. The van der Waals surface area contributed by atoms with E-state index < -0.39 is 0 Å². The fourth-order valence-corrected chi connectivity index (χ4v) is 6.81. The summed E-state index contributed by atoms with van der Waals surface area (Å²) < 4.78 is 7.61. The van der Waals surface area contributed by atoms with E-state index in [9.17, 15) is 9.59 Å². The number of rotatable bonds is 7. The molecule has 0 radical (unpaired) electrons. The summed E-state index contributed by atoms with van der Waals surface area (Å²) in [5, 5.41) is 1.08. The van der Waals surface area contributed by atoms with Gasteiger partial charge in [0.25, 0.3) is 5.56 Å². The molecule has 2 aromatic heterocycles. The Morgan fingerprint density at radius 2 is 2.03 bits per heavy atom. The Kier molecular flexibility index (Phi) is 7.59. The highest BCUT2D eigenvalue weighted by Crippen LogP contribution is 2.31. The van der Waals surface area contributed by atoms with Crippen LogP contribution in [-0.4, -0.2) is 75.9 Å². The van der Waals surface area contributed by atoms with Crippen molar-refractivity contribution in [2.45, 2.75) is 70.0 Å². The van der Waals surface area contributed by atoms with E-state index in [-0.39, 0.29) is 22.8 Å². The number of fused-ring (bicyclic) bond motifs is 1. The Balaban J connectivity index is 1.63. The first-order valence-corrected chi connectivity index (χ1v) is 13.4. The van der Waals surface area contributed by atoms with Crippen LogP contribution in [0.5, 0.6) is 0 Å². The molecule has 176 valence electrons. The number of thioether (sulfide) groups is 1. The number of hydrogen-bond acceptors (Lipinski definition) is 7. The van der Waals surface area contributed by atoms with Gasteiger partial charge in [-0.1, -0.05) is 25.6 Å². The van der Waals surface area contributed by atoms with E-state index in [1.54, 1.807) is 15.9 Å². The van der Waals surface area contributed by atoms with Crippen LogP contribution in [0.4, 0.5) is 0 Å². The Hall–Kier alpha value is -1.42. The average Bonchev–Trinajstić information content (AvgIpc) is 3.42. The molecule has 2 aromatic rings. The molecule has 0 spiro atoms. The van der Waals surface area contributed by atoms with Gasteiger partial charge in [-0.05, 0) is 45.2 Å². The Morgan fingerprint density at radius 3 is 2.66 bits per heavy atom. The van der Waals surface area contributed by atoms with Crippen LogP contribution in [0.1, 0.15) is 44.1 Å². The van der Waals surface area contributed by atoms with E-state index >= 15 is 0 Å². The van der Waals surface area contributed by atoms with Gasteiger partial charge in [0.1, 0.15) is 4.83 Å². The second-order valence-electron chi connectivity index (χ2n) is 8.64. The Bertz CT molecular complexity index is 1020. The molecule has 4 rings (SSSR count). The largest absolute Gasteiger partial charge is 0.376 e. The van der Waals surface area contributed by atoms with Gasteiger partial charge in [0.05, 0.1) is 23.3 Å². The van der Waals surface area contributed by atoms with Gasteiger partial charge in [-0.25, -0.2) is 4.98 Å². The number of likely N-dealkylation sites (N-methyl/N-ethyl adjacent to an activating group) is 1. The number of nitrogens with zero attached hydrogens (tertiary/aromatic N) is 4. The van der Waals surface area contributed by atoms with Crippen LogP contribution in [0.25, 0.3) is 10.2 Å². The molecule has 32 heavy (non-hydrogen) atoms. The van der Waals surface area contributed by atoms with Crippen LogP contribution in [-0.2, 0) is 22.5 Å². The Morgan fingerprint density at radius 1 is 1.28 bits per heavy atom. The number of thiophene rings is 1. The van der Waals surface area contributed by atoms with Crippen molar-refractivity contribution in [3.8, 4) is 0 Å². The first kappa shape index (κ1) is 23.7. The zero-order valence-electron chi connectivity index (χ0n) is 19.6. The minimum Gasteiger partial charge on any atom is -0.376 e. The third-order valence-electron chi connectivity index (χ3n) is 6.60. The summed E-state index contributed by atoms with van der Waals surface area (Å²) in [6.07, 6.45) is 2.82. The average molecular weight is 479 g/mol. The molecule has 0 aliphatic carbocycles. The smallest absolute Gasteiger partial charge is 0.263 e. The predicted octanol–water partition coefficient (Wildman–Crippen LogP) is 3.15. The SMILES string of the molecule is CCc1c(C)sc2nc(SC(C)C(=O)N3CCN(CC)CC3)n(CC3CCCO3)c(=O)c12. The number of aryl methyl sites for hydroxylation is 2. The molecular formula is C23H34N4O3S2. The summed E-state index contributed by atoms with van der Waals surface area (Å²) in [5.74, 6) is 0.125. The second kappa shape index (κ2) is 10.2. The summed E-state index contributed by atoms with van der Waals surface area (Å²) in [7, 11) is 0. The maximum Gasteiger partial charge on any atom is 0.263 e. The number of ether oxygens (including phenoxy) is 1. The summed E-state index contributed by atoms with van der Waals surface area (Å²) >= 11 is 2.99. The highest BCUT2D eigenvalue weighted by molar-refractivity contribution is 8.00. The van der Waals surface area contributed by atoms with Crippen molar-refractivity contribution in [3.63, 3.8) is 0 Å². The summed E-state index contributed by atoms with van der Waals surface area (Å²) in [4.78, 5) is 37.9. The normalized spacial score (nSPS) is 20.9. The van der Waals surface area contributed by atoms with E-state index in [1.807, 2.05) is 11.8 Å². The zero-order valence-corrected chi connectivity index (χ0v) is 21.2. The lowest BCUT2D eigenvalue weighted by Gasteiger charge is -2.35. The van der Waals surface area contributed by atoms with Crippen molar-refractivity contribution < 1.29 is 9.53 Å². The topological polar surface area (TPSA) is 67.7 Å². The van der Waals surface area contributed by atoms with Crippen LogP contribution in [0.15, 0.2) is 9.95 Å². The maximum atomic E-state index is 13.6. The second-order valence-corrected chi connectivity index (χ2v) is 11.1. The van der Waals surface area contributed by atoms with Gasteiger partial charge >= 0.3 is 0 Å². The van der Waals surface area contributed by atoms with Gasteiger partial charge < -0.3 is 14.5 Å². The summed E-state index contributed by atoms with van der Waals surface area (Å²) in [5.41, 5.74) is 1.10. The van der Waals surface area contributed by atoms with Gasteiger partial charge in [0, 0.05) is 37.7 Å². The van der Waals surface area contributed by atoms with Crippen LogP contribution in [0.2, 0.25) is 0 Å². The molecule has 0 aromatic carbocycles. The minimum absolute atomic E-state index is 0.00501. The quantitative estimate of drug-likeness (QED) is 0.450. The third kappa shape index (κ3) is 4.76. The predicted molar refractivity (Wildman–Crippen MR) is 131 cm³/mol. The third-order valence-corrected chi connectivity index (χ3v) is 8.72. The van der Waals surface area contributed by atoms with Gasteiger partial charge in [0.2, 0.25) is 5.91 Å². The van der Waals surface area contributed by atoms with E-state index in [0.29, 0.717) is 11.7 Å². The highest BCUT2D eigenvalue weighted by Gasteiger charge is 2.28. The van der Waals surface area contributed by atoms with Crippen LogP contribution < -0.4 is 5.56 Å².